The maximum Gasteiger partial charge on any atom is 0.253 e. The lowest BCUT2D eigenvalue weighted by Gasteiger charge is -2.34. The fourth-order valence-electron chi connectivity index (χ4n) is 2.99. The Morgan fingerprint density at radius 2 is 1.96 bits per heavy atom. The molecule has 23 heavy (non-hydrogen) atoms. The van der Waals surface area contributed by atoms with Gasteiger partial charge in [-0.1, -0.05) is 25.4 Å². The lowest BCUT2D eigenvalue weighted by Crippen LogP contribution is -2.47. The van der Waals surface area contributed by atoms with Crippen molar-refractivity contribution in [1.29, 1.82) is 0 Å². The Bertz CT molecular complexity index is 533. The van der Waals surface area contributed by atoms with Gasteiger partial charge < -0.3 is 9.80 Å². The highest BCUT2D eigenvalue weighted by Gasteiger charge is 2.27. The van der Waals surface area contributed by atoms with Gasteiger partial charge in [0, 0.05) is 25.2 Å². The first-order valence-electron chi connectivity index (χ1n) is 7.84. The van der Waals surface area contributed by atoms with Crippen molar-refractivity contribution >= 4 is 29.9 Å². The second kappa shape index (κ2) is 8.86. The van der Waals surface area contributed by atoms with Crippen molar-refractivity contribution in [1.82, 2.24) is 9.80 Å². The van der Waals surface area contributed by atoms with E-state index < -0.39 is 5.82 Å². The summed E-state index contributed by atoms with van der Waals surface area (Å²) >= 11 is 5.79. The molecule has 2 rings (SSSR count). The third kappa shape index (κ3) is 5.07. The van der Waals surface area contributed by atoms with E-state index in [1.807, 2.05) is 7.05 Å². The maximum atomic E-state index is 13.3. The summed E-state index contributed by atoms with van der Waals surface area (Å²) in [6.45, 7) is 7.35. The molecule has 0 radical (unpaired) electrons. The zero-order chi connectivity index (χ0) is 16.3. The summed E-state index contributed by atoms with van der Waals surface area (Å²) in [5.41, 5.74) is 0.431. The summed E-state index contributed by atoms with van der Waals surface area (Å²) in [5.74, 6) is -0.261. The van der Waals surface area contributed by atoms with E-state index in [1.165, 1.54) is 31.0 Å². The molecule has 1 saturated heterocycles. The number of carbonyl (C=O) groups excluding carboxylic acids is 1. The molecule has 0 saturated carbocycles. The minimum atomic E-state index is -0.502. The van der Waals surface area contributed by atoms with Gasteiger partial charge in [0.1, 0.15) is 5.82 Å². The van der Waals surface area contributed by atoms with Crippen LogP contribution in [0.15, 0.2) is 18.2 Å². The van der Waals surface area contributed by atoms with E-state index in [1.54, 1.807) is 4.90 Å². The highest BCUT2D eigenvalue weighted by Crippen LogP contribution is 2.20. The van der Waals surface area contributed by atoms with Gasteiger partial charge in [-0.2, -0.15) is 0 Å². The van der Waals surface area contributed by atoms with Crippen LogP contribution in [-0.2, 0) is 0 Å². The summed E-state index contributed by atoms with van der Waals surface area (Å²) in [6, 6.07) is 4.28. The Balaban J connectivity index is 0.00000264. The average molecular weight is 363 g/mol. The van der Waals surface area contributed by atoms with Crippen LogP contribution in [0.4, 0.5) is 4.39 Å². The van der Waals surface area contributed by atoms with Crippen molar-refractivity contribution in [2.45, 2.75) is 32.7 Å². The first kappa shape index (κ1) is 20.2. The van der Waals surface area contributed by atoms with Gasteiger partial charge >= 0.3 is 0 Å². The molecule has 0 aromatic heterocycles. The van der Waals surface area contributed by atoms with Crippen LogP contribution in [0.1, 0.15) is 37.0 Å². The zero-order valence-corrected chi connectivity index (χ0v) is 15.5. The Morgan fingerprint density at radius 1 is 1.35 bits per heavy atom. The third-order valence-corrected chi connectivity index (χ3v) is 4.69. The molecular formula is C17H25Cl2FN2O. The number of nitrogens with zero attached hydrogens (tertiary/aromatic N) is 2. The molecule has 0 aliphatic carbocycles. The highest BCUT2D eigenvalue weighted by molar-refractivity contribution is 6.31. The fraction of sp³-hybridized carbons (Fsp3) is 0.588. The molecule has 1 aromatic carbocycles. The van der Waals surface area contributed by atoms with E-state index in [0.717, 1.165) is 19.6 Å². The Labute approximate surface area is 149 Å². The minimum absolute atomic E-state index is 0. The summed E-state index contributed by atoms with van der Waals surface area (Å²) in [7, 11) is 1.82. The van der Waals surface area contributed by atoms with E-state index in [2.05, 4.69) is 18.7 Å². The van der Waals surface area contributed by atoms with Gasteiger partial charge in [-0.3, -0.25) is 4.79 Å². The quantitative estimate of drug-likeness (QED) is 0.787. The number of hydrogen-bond acceptors (Lipinski definition) is 2. The minimum Gasteiger partial charge on any atom is -0.337 e. The van der Waals surface area contributed by atoms with Gasteiger partial charge in [0.15, 0.2) is 0 Å². The fourth-order valence-corrected chi connectivity index (χ4v) is 3.17. The molecule has 1 amide bonds. The first-order valence-corrected chi connectivity index (χ1v) is 8.22. The molecule has 1 aromatic rings. The number of carbonyl (C=O) groups is 1. The predicted octanol–water partition coefficient (Wildman–Crippen LogP) is 4.09. The lowest BCUT2D eigenvalue weighted by molar-refractivity contribution is 0.0641. The zero-order valence-electron chi connectivity index (χ0n) is 13.9. The standard InChI is InChI=1S/C17H24ClFN2O.ClH/c1-12(2)16(11-21-8-4-5-9-21)20(3)17(22)13-6-7-15(19)14(18)10-13;/h6-7,10,12,16H,4-5,8-9,11H2,1-3H3;1H/t16-;/m0./s1. The van der Waals surface area contributed by atoms with Gasteiger partial charge in [-0.05, 0) is 50.0 Å². The summed E-state index contributed by atoms with van der Waals surface area (Å²) in [4.78, 5) is 16.8. The van der Waals surface area contributed by atoms with E-state index >= 15 is 0 Å². The Kier molecular flexibility index (Phi) is 7.78. The topological polar surface area (TPSA) is 23.6 Å². The van der Waals surface area contributed by atoms with Crippen molar-refractivity contribution in [3.8, 4) is 0 Å². The van der Waals surface area contributed by atoms with Crippen molar-refractivity contribution in [3.05, 3.63) is 34.6 Å². The van der Waals surface area contributed by atoms with Crippen LogP contribution in [0.25, 0.3) is 0 Å². The first-order chi connectivity index (χ1) is 10.4. The van der Waals surface area contributed by atoms with Crippen LogP contribution >= 0.6 is 24.0 Å². The average Bonchev–Trinajstić information content (AvgIpc) is 2.99. The molecule has 0 bridgehead atoms. The van der Waals surface area contributed by atoms with Crippen molar-refractivity contribution in [2.75, 3.05) is 26.7 Å². The van der Waals surface area contributed by atoms with E-state index in [4.69, 9.17) is 11.6 Å². The van der Waals surface area contributed by atoms with Crippen LogP contribution in [0.5, 0.6) is 0 Å². The largest absolute Gasteiger partial charge is 0.337 e. The van der Waals surface area contributed by atoms with E-state index in [-0.39, 0.29) is 29.4 Å². The number of likely N-dealkylation sites (tertiary alicyclic amines) is 1. The summed E-state index contributed by atoms with van der Waals surface area (Å²) in [5, 5.41) is -0.0140. The molecule has 130 valence electrons. The normalized spacial score (nSPS) is 16.3. The monoisotopic (exact) mass is 362 g/mol. The maximum absolute atomic E-state index is 13.3. The van der Waals surface area contributed by atoms with Gasteiger partial charge in [-0.15, -0.1) is 12.4 Å². The highest BCUT2D eigenvalue weighted by atomic mass is 35.5. The smallest absolute Gasteiger partial charge is 0.253 e. The van der Waals surface area contributed by atoms with Crippen LogP contribution in [0.3, 0.4) is 0 Å². The van der Waals surface area contributed by atoms with Crippen molar-refractivity contribution in [3.63, 3.8) is 0 Å². The SMILES string of the molecule is CC(C)[C@H](CN1CCCC1)N(C)C(=O)c1ccc(F)c(Cl)c1.Cl. The van der Waals surface area contributed by atoms with Gasteiger partial charge in [-0.25, -0.2) is 4.39 Å². The molecule has 1 aliphatic rings. The molecule has 1 heterocycles. The number of rotatable bonds is 5. The molecule has 6 heteroatoms. The second-order valence-electron chi connectivity index (χ2n) is 6.36. The number of hydrogen-bond donors (Lipinski definition) is 0. The van der Waals surface area contributed by atoms with Crippen molar-refractivity contribution in [2.24, 2.45) is 5.92 Å². The molecule has 1 fully saturated rings. The Morgan fingerprint density at radius 3 is 2.48 bits per heavy atom. The molecule has 1 aliphatic heterocycles. The van der Waals surface area contributed by atoms with E-state index in [9.17, 15) is 9.18 Å². The number of likely N-dealkylation sites (N-methyl/N-ethyl adjacent to an activating group) is 1. The number of halogens is 3. The Hall–Kier alpha value is -0.840. The summed E-state index contributed by atoms with van der Waals surface area (Å²) < 4.78 is 13.3. The van der Waals surface area contributed by atoms with Gasteiger partial charge in [0.05, 0.1) is 5.02 Å². The van der Waals surface area contributed by atoms with Crippen LogP contribution in [0, 0.1) is 11.7 Å². The molecule has 1 atom stereocenters. The van der Waals surface area contributed by atoms with Crippen molar-refractivity contribution < 1.29 is 9.18 Å². The number of benzene rings is 1. The van der Waals surface area contributed by atoms with E-state index in [0.29, 0.717) is 11.5 Å². The lowest BCUT2D eigenvalue weighted by atomic mass is 10.0. The molecule has 0 unspecified atom stereocenters. The molecular weight excluding hydrogens is 338 g/mol. The van der Waals surface area contributed by atoms with Crippen LogP contribution < -0.4 is 0 Å². The van der Waals surface area contributed by atoms with Gasteiger partial charge in [0.25, 0.3) is 5.91 Å². The third-order valence-electron chi connectivity index (χ3n) is 4.40. The summed E-state index contributed by atoms with van der Waals surface area (Å²) in [6.07, 6.45) is 2.46. The predicted molar refractivity (Wildman–Crippen MR) is 95.1 cm³/mol. The molecule has 0 N–H and O–H groups in total. The second-order valence-corrected chi connectivity index (χ2v) is 6.77. The van der Waals surface area contributed by atoms with Crippen LogP contribution in [-0.4, -0.2) is 48.4 Å². The van der Waals surface area contributed by atoms with Gasteiger partial charge in [0.2, 0.25) is 0 Å². The molecule has 3 nitrogen and oxygen atoms in total. The number of amides is 1. The van der Waals surface area contributed by atoms with Crippen LogP contribution in [0.2, 0.25) is 5.02 Å². The molecule has 0 spiro atoms.